The molecule has 0 aliphatic heterocycles. The van der Waals surface area contributed by atoms with Gasteiger partial charge in [0.25, 0.3) is 0 Å². The Morgan fingerprint density at radius 2 is 1.25 bits per heavy atom. The summed E-state index contributed by atoms with van der Waals surface area (Å²) in [5.74, 6) is 0.107. The van der Waals surface area contributed by atoms with Gasteiger partial charge in [0.1, 0.15) is 11.2 Å². The first-order valence-electron chi connectivity index (χ1n) is 13.8. The minimum Gasteiger partial charge on any atom is -0.456 e. The van der Waals surface area contributed by atoms with E-state index in [2.05, 4.69) is 92.7 Å². The van der Waals surface area contributed by atoms with Gasteiger partial charge < -0.3 is 4.42 Å². The van der Waals surface area contributed by atoms with Crippen LogP contribution in [0.3, 0.4) is 0 Å². The molecule has 0 spiro atoms. The van der Waals surface area contributed by atoms with E-state index < -0.39 is 0 Å². The van der Waals surface area contributed by atoms with Crippen LogP contribution in [0.5, 0.6) is 0 Å². The van der Waals surface area contributed by atoms with Gasteiger partial charge in [0.05, 0.1) is 0 Å². The van der Waals surface area contributed by atoms with Crippen LogP contribution in [0.4, 0.5) is 0 Å². The highest BCUT2D eigenvalue weighted by Gasteiger charge is 2.38. The van der Waals surface area contributed by atoms with Gasteiger partial charge in [-0.3, -0.25) is 4.79 Å². The molecule has 2 aliphatic rings. The van der Waals surface area contributed by atoms with E-state index in [1.54, 1.807) is 0 Å². The van der Waals surface area contributed by atoms with Crippen molar-refractivity contribution in [1.29, 1.82) is 0 Å². The second kappa shape index (κ2) is 7.37. The van der Waals surface area contributed by atoms with E-state index in [4.69, 9.17) is 4.42 Å². The third-order valence-electron chi connectivity index (χ3n) is 9.22. The standard InChI is InChI=1S/C38H24O2/c1-38(2)30-14-5-3-11-26(30)37(39)36-23(13-8-15-31(36)38)25-18-17-21-9-7-12-24-27-20-33-28(19-29(27)35(25)34(21)24)22-10-4-6-16-32(22)40-33/h3-20H,1-2H3. The molecule has 0 amide bonds. The fourth-order valence-corrected chi connectivity index (χ4v) is 7.36. The maximum Gasteiger partial charge on any atom is 0.194 e. The van der Waals surface area contributed by atoms with Crippen molar-refractivity contribution in [1.82, 2.24) is 0 Å². The Balaban J connectivity index is 1.39. The fourth-order valence-electron chi connectivity index (χ4n) is 7.36. The van der Waals surface area contributed by atoms with Gasteiger partial charge in [-0.15, -0.1) is 0 Å². The number of hydrogen-bond donors (Lipinski definition) is 0. The summed E-state index contributed by atoms with van der Waals surface area (Å²) in [6.07, 6.45) is 0. The Kier molecular flexibility index (Phi) is 4.04. The predicted octanol–water partition coefficient (Wildman–Crippen LogP) is 9.92. The Morgan fingerprint density at radius 3 is 2.17 bits per heavy atom. The molecule has 2 nitrogen and oxygen atoms in total. The second-order valence-corrected chi connectivity index (χ2v) is 11.6. The topological polar surface area (TPSA) is 30.2 Å². The molecule has 9 rings (SSSR count). The Bertz CT molecular complexity index is 2260. The second-order valence-electron chi connectivity index (χ2n) is 11.6. The average Bonchev–Trinajstić information content (AvgIpc) is 3.51. The van der Waals surface area contributed by atoms with E-state index in [0.717, 1.165) is 55.3 Å². The summed E-state index contributed by atoms with van der Waals surface area (Å²) in [5.41, 5.74) is 12.2. The zero-order valence-electron chi connectivity index (χ0n) is 22.2. The van der Waals surface area contributed by atoms with Crippen LogP contribution in [-0.4, -0.2) is 5.78 Å². The van der Waals surface area contributed by atoms with Crippen LogP contribution < -0.4 is 0 Å². The van der Waals surface area contributed by atoms with E-state index in [1.807, 2.05) is 30.3 Å². The van der Waals surface area contributed by atoms with Crippen LogP contribution in [-0.2, 0) is 5.41 Å². The number of benzene rings is 6. The quantitative estimate of drug-likeness (QED) is 0.219. The number of fused-ring (bicyclic) bond motifs is 8. The minimum atomic E-state index is -0.280. The summed E-state index contributed by atoms with van der Waals surface area (Å²) < 4.78 is 6.29. The van der Waals surface area contributed by atoms with Gasteiger partial charge in [-0.2, -0.15) is 0 Å². The van der Waals surface area contributed by atoms with Crippen LogP contribution in [0.2, 0.25) is 0 Å². The molecule has 188 valence electrons. The molecule has 0 bridgehead atoms. The van der Waals surface area contributed by atoms with Crippen LogP contribution in [0.15, 0.2) is 114 Å². The summed E-state index contributed by atoms with van der Waals surface area (Å²) in [6.45, 7) is 4.46. The van der Waals surface area contributed by atoms with E-state index in [-0.39, 0.29) is 11.2 Å². The van der Waals surface area contributed by atoms with Crippen molar-refractivity contribution in [3.63, 3.8) is 0 Å². The van der Waals surface area contributed by atoms with Crippen LogP contribution in [0, 0.1) is 0 Å². The monoisotopic (exact) mass is 512 g/mol. The number of ketones is 1. The molecule has 2 heteroatoms. The number of rotatable bonds is 1. The first kappa shape index (κ1) is 21.9. The van der Waals surface area contributed by atoms with Gasteiger partial charge in [0.15, 0.2) is 5.78 Å². The smallest absolute Gasteiger partial charge is 0.194 e. The molecule has 0 saturated carbocycles. The van der Waals surface area contributed by atoms with Crippen molar-refractivity contribution >= 4 is 38.5 Å². The lowest BCUT2D eigenvalue weighted by atomic mass is 9.67. The number of furan rings is 1. The predicted molar refractivity (Wildman–Crippen MR) is 163 cm³/mol. The SMILES string of the molecule is CC1(C)c2ccccc2C(=O)c2c(-c3ccc4cccc5c4c3-c3cc4c(cc3-5)oc3ccccc34)cccc21. The van der Waals surface area contributed by atoms with Gasteiger partial charge in [-0.1, -0.05) is 105 Å². The number of hydrogen-bond acceptors (Lipinski definition) is 2. The van der Waals surface area contributed by atoms with Gasteiger partial charge >= 0.3 is 0 Å². The summed E-state index contributed by atoms with van der Waals surface area (Å²) >= 11 is 0. The zero-order valence-corrected chi connectivity index (χ0v) is 22.2. The largest absolute Gasteiger partial charge is 0.456 e. The van der Waals surface area contributed by atoms with Crippen molar-refractivity contribution < 1.29 is 9.21 Å². The molecule has 0 saturated heterocycles. The first-order valence-corrected chi connectivity index (χ1v) is 13.8. The lowest BCUT2D eigenvalue weighted by Gasteiger charge is -2.35. The number of para-hydroxylation sites is 1. The highest BCUT2D eigenvalue weighted by Crippen LogP contribution is 2.54. The highest BCUT2D eigenvalue weighted by molar-refractivity contribution is 6.24. The van der Waals surface area contributed by atoms with Gasteiger partial charge in [0, 0.05) is 27.3 Å². The van der Waals surface area contributed by atoms with E-state index in [0.29, 0.717) is 0 Å². The van der Waals surface area contributed by atoms with Crippen LogP contribution in [0.1, 0.15) is 40.9 Å². The molecule has 0 radical (unpaired) electrons. The summed E-state index contributed by atoms with van der Waals surface area (Å²) in [5, 5.41) is 4.69. The molecule has 0 fully saturated rings. The third kappa shape index (κ3) is 2.61. The van der Waals surface area contributed by atoms with E-state index >= 15 is 0 Å². The Hall–Kier alpha value is -4.95. The first-order chi connectivity index (χ1) is 19.5. The molecule has 6 aromatic carbocycles. The summed E-state index contributed by atoms with van der Waals surface area (Å²) in [4.78, 5) is 14.2. The molecule has 0 atom stereocenters. The maximum atomic E-state index is 14.2. The van der Waals surface area contributed by atoms with Crippen molar-refractivity contribution in [3.05, 3.63) is 131 Å². The summed E-state index contributed by atoms with van der Waals surface area (Å²) in [7, 11) is 0. The molecule has 40 heavy (non-hydrogen) atoms. The maximum absolute atomic E-state index is 14.2. The Morgan fingerprint density at radius 1 is 0.525 bits per heavy atom. The lowest BCUT2D eigenvalue weighted by molar-refractivity contribution is 0.103. The molecule has 1 aromatic heterocycles. The normalized spacial score (nSPS) is 14.5. The molecular weight excluding hydrogens is 488 g/mol. The Labute approximate surface area is 231 Å². The molecule has 7 aromatic rings. The van der Waals surface area contributed by atoms with E-state index in [9.17, 15) is 4.79 Å². The van der Waals surface area contributed by atoms with E-state index in [1.165, 1.54) is 33.0 Å². The van der Waals surface area contributed by atoms with Crippen molar-refractivity contribution in [2.45, 2.75) is 19.3 Å². The van der Waals surface area contributed by atoms with Gasteiger partial charge in [-0.05, 0) is 73.5 Å². The average molecular weight is 513 g/mol. The number of carbonyl (C=O) groups is 1. The molecular formula is C38H24O2. The molecule has 0 N–H and O–H groups in total. The minimum absolute atomic E-state index is 0.107. The molecule has 0 unspecified atom stereocenters. The summed E-state index contributed by atoms with van der Waals surface area (Å²) in [6, 6.07) is 38.1. The van der Waals surface area contributed by atoms with Crippen LogP contribution in [0.25, 0.3) is 66.1 Å². The molecule has 2 aliphatic carbocycles. The van der Waals surface area contributed by atoms with Gasteiger partial charge in [0.2, 0.25) is 0 Å². The highest BCUT2D eigenvalue weighted by atomic mass is 16.3. The van der Waals surface area contributed by atoms with Crippen LogP contribution >= 0.6 is 0 Å². The lowest BCUT2D eigenvalue weighted by Crippen LogP contribution is -2.30. The van der Waals surface area contributed by atoms with Crippen molar-refractivity contribution in [2.75, 3.05) is 0 Å². The third-order valence-corrected chi connectivity index (χ3v) is 9.22. The number of carbonyl (C=O) groups excluding carboxylic acids is 1. The van der Waals surface area contributed by atoms with Crippen molar-refractivity contribution in [3.8, 4) is 33.4 Å². The van der Waals surface area contributed by atoms with Gasteiger partial charge in [-0.25, -0.2) is 0 Å². The van der Waals surface area contributed by atoms with Crippen molar-refractivity contribution in [2.24, 2.45) is 0 Å². The zero-order chi connectivity index (χ0) is 26.7. The molecule has 1 heterocycles. The fraction of sp³-hybridized carbons (Fsp3) is 0.0789.